The molecule has 0 spiro atoms. The Morgan fingerprint density at radius 2 is 1.04 bits per heavy atom. The van der Waals surface area contributed by atoms with Crippen LogP contribution in [0.15, 0.2) is 12.1 Å². The highest BCUT2D eigenvalue weighted by Gasteiger charge is 2.31. The van der Waals surface area contributed by atoms with Crippen LogP contribution in [0.4, 0.5) is 0 Å². The van der Waals surface area contributed by atoms with Gasteiger partial charge in [0.25, 0.3) is 0 Å². The minimum absolute atomic E-state index is 0.0376. The Bertz CT molecular complexity index is 535. The second-order valence-corrected chi connectivity index (χ2v) is 16.8. The SMILES string of the molecule is CC(C)(C)c1cc(C(C)(C)C)c(O[Si-](Cl)(Cl)Cl)c(C(C)(C)C)c1. The Kier molecular flexibility index (Phi) is 5.92. The van der Waals surface area contributed by atoms with Gasteiger partial charge in [0.15, 0.2) is 0 Å². The van der Waals surface area contributed by atoms with Crippen molar-refractivity contribution in [3.63, 3.8) is 0 Å². The summed E-state index contributed by atoms with van der Waals surface area (Å²) in [5.74, 6) is 0.740. The minimum Gasteiger partial charge on any atom is -0.658 e. The standard InChI is InChI=1S/C18H29Cl3OSi/c1-16(2,3)12-10-13(17(4,5)6)15(22-23(19,20)21)14(11-12)18(7,8)9/h10-11H,1-9H3/q-1. The van der Waals surface area contributed by atoms with Gasteiger partial charge in [0.1, 0.15) is 0 Å². The molecule has 0 radical (unpaired) electrons. The lowest BCUT2D eigenvalue weighted by atomic mass is 9.75. The molecule has 1 aromatic rings. The summed E-state index contributed by atoms with van der Waals surface area (Å²) in [6.07, 6.45) is -3.27. The van der Waals surface area contributed by atoms with Crippen LogP contribution in [0.25, 0.3) is 0 Å². The van der Waals surface area contributed by atoms with E-state index in [1.54, 1.807) is 0 Å². The Hall–Kier alpha value is 0.107. The van der Waals surface area contributed by atoms with Gasteiger partial charge in [0, 0.05) is 0 Å². The van der Waals surface area contributed by atoms with Gasteiger partial charge in [-0.3, -0.25) is 33.2 Å². The molecule has 0 unspecified atom stereocenters. The summed E-state index contributed by atoms with van der Waals surface area (Å²) in [6, 6.07) is 4.41. The Labute approximate surface area is 156 Å². The molecule has 5 heteroatoms. The molecule has 1 rings (SSSR count). The van der Waals surface area contributed by atoms with Crippen LogP contribution in [0, 0.1) is 0 Å². The van der Waals surface area contributed by atoms with E-state index in [9.17, 15) is 0 Å². The summed E-state index contributed by atoms with van der Waals surface area (Å²) < 4.78 is 5.92. The van der Waals surface area contributed by atoms with Gasteiger partial charge >= 0.3 is 6.25 Å². The van der Waals surface area contributed by atoms with Crippen molar-refractivity contribution in [2.75, 3.05) is 0 Å². The van der Waals surface area contributed by atoms with Crippen LogP contribution >= 0.6 is 33.2 Å². The van der Waals surface area contributed by atoms with Crippen molar-refractivity contribution in [3.8, 4) is 5.75 Å². The number of benzene rings is 1. The molecule has 0 atom stereocenters. The summed E-state index contributed by atoms with van der Waals surface area (Å²) in [7, 11) is 0. The second kappa shape index (κ2) is 6.44. The van der Waals surface area contributed by atoms with Crippen molar-refractivity contribution in [1.29, 1.82) is 0 Å². The monoisotopic (exact) mass is 394 g/mol. The van der Waals surface area contributed by atoms with Crippen LogP contribution in [0.3, 0.4) is 0 Å². The van der Waals surface area contributed by atoms with Gasteiger partial charge in [-0.2, -0.15) is 0 Å². The third kappa shape index (κ3) is 5.84. The molecule has 0 bridgehead atoms. The lowest BCUT2D eigenvalue weighted by Crippen LogP contribution is -2.28. The van der Waals surface area contributed by atoms with Crippen LogP contribution < -0.4 is 4.43 Å². The first kappa shape index (κ1) is 21.2. The molecule has 1 nitrogen and oxygen atoms in total. The molecule has 0 aliphatic rings. The zero-order valence-corrected chi connectivity index (χ0v) is 19.0. The first-order valence-corrected chi connectivity index (χ1v) is 12.8. The van der Waals surface area contributed by atoms with Crippen molar-refractivity contribution in [1.82, 2.24) is 0 Å². The van der Waals surface area contributed by atoms with Crippen molar-refractivity contribution >= 4 is 39.5 Å². The zero-order chi connectivity index (χ0) is 18.4. The zero-order valence-electron chi connectivity index (χ0n) is 15.7. The fraction of sp³-hybridized carbons (Fsp3) is 0.667. The average Bonchev–Trinajstić information content (AvgIpc) is 2.21. The molecular formula is C18H29Cl3OSi-. The van der Waals surface area contributed by atoms with Crippen molar-refractivity contribution in [2.24, 2.45) is 0 Å². The van der Waals surface area contributed by atoms with E-state index in [1.807, 2.05) is 0 Å². The number of hydrogen-bond donors (Lipinski definition) is 0. The van der Waals surface area contributed by atoms with Crippen LogP contribution in [0.2, 0.25) is 0 Å². The van der Waals surface area contributed by atoms with Crippen LogP contribution in [-0.4, -0.2) is 6.25 Å². The van der Waals surface area contributed by atoms with Gasteiger partial charge < -0.3 is 4.43 Å². The normalized spacial score (nSPS) is 14.1. The van der Waals surface area contributed by atoms with E-state index in [4.69, 9.17) is 37.7 Å². The van der Waals surface area contributed by atoms with Crippen LogP contribution in [0.5, 0.6) is 5.75 Å². The fourth-order valence-corrected chi connectivity index (χ4v) is 3.55. The van der Waals surface area contributed by atoms with Crippen molar-refractivity contribution in [3.05, 3.63) is 28.8 Å². The average molecular weight is 396 g/mol. The topological polar surface area (TPSA) is 9.23 Å². The quantitative estimate of drug-likeness (QED) is 0.383. The maximum absolute atomic E-state index is 6.09. The van der Waals surface area contributed by atoms with E-state index >= 15 is 0 Å². The van der Waals surface area contributed by atoms with Crippen molar-refractivity contribution in [2.45, 2.75) is 78.6 Å². The minimum atomic E-state index is -3.27. The number of halogens is 3. The van der Waals surface area contributed by atoms with E-state index in [0.29, 0.717) is 0 Å². The summed E-state index contributed by atoms with van der Waals surface area (Å²) in [5, 5.41) is 0. The summed E-state index contributed by atoms with van der Waals surface area (Å²) in [5.41, 5.74) is 3.27. The molecule has 23 heavy (non-hydrogen) atoms. The fourth-order valence-electron chi connectivity index (χ4n) is 2.40. The summed E-state index contributed by atoms with van der Waals surface area (Å²) >= 11 is 18.3. The Morgan fingerprint density at radius 1 is 0.696 bits per heavy atom. The van der Waals surface area contributed by atoms with Crippen LogP contribution in [0.1, 0.15) is 79.0 Å². The van der Waals surface area contributed by atoms with E-state index in [-0.39, 0.29) is 16.2 Å². The molecule has 0 saturated heterocycles. The molecule has 133 valence electrons. The van der Waals surface area contributed by atoms with Gasteiger partial charge in [-0.1, -0.05) is 74.4 Å². The molecule has 1 aromatic carbocycles. The van der Waals surface area contributed by atoms with Gasteiger partial charge in [-0.05, 0) is 32.9 Å². The highest BCUT2D eigenvalue weighted by Crippen LogP contribution is 2.44. The predicted octanol–water partition coefficient (Wildman–Crippen LogP) is 7.11. The molecule has 0 aliphatic carbocycles. The first-order valence-electron chi connectivity index (χ1n) is 7.88. The van der Waals surface area contributed by atoms with E-state index < -0.39 is 6.25 Å². The molecule has 0 fully saturated rings. The van der Waals surface area contributed by atoms with E-state index in [1.165, 1.54) is 5.56 Å². The van der Waals surface area contributed by atoms with Crippen molar-refractivity contribution < 1.29 is 4.43 Å². The molecular weight excluding hydrogens is 367 g/mol. The highest BCUT2D eigenvalue weighted by molar-refractivity contribution is 7.62. The maximum Gasteiger partial charge on any atom is 0.330 e. The molecule has 0 heterocycles. The third-order valence-corrected chi connectivity index (χ3v) is 4.92. The molecule has 0 saturated carbocycles. The van der Waals surface area contributed by atoms with Gasteiger partial charge in [-0.15, -0.1) is 0 Å². The van der Waals surface area contributed by atoms with E-state index in [2.05, 4.69) is 74.4 Å². The van der Waals surface area contributed by atoms with Gasteiger partial charge in [0.05, 0.1) is 5.75 Å². The highest BCUT2D eigenvalue weighted by atomic mass is 35.8. The third-order valence-electron chi connectivity index (χ3n) is 3.79. The Balaban J connectivity index is 3.82. The van der Waals surface area contributed by atoms with E-state index in [0.717, 1.165) is 16.9 Å². The summed E-state index contributed by atoms with van der Waals surface area (Å²) in [4.78, 5) is 0. The lowest BCUT2D eigenvalue weighted by Gasteiger charge is -2.38. The predicted molar refractivity (Wildman–Crippen MR) is 106 cm³/mol. The largest absolute Gasteiger partial charge is 0.658 e. The number of rotatable bonds is 2. The van der Waals surface area contributed by atoms with Gasteiger partial charge in [-0.25, -0.2) is 0 Å². The van der Waals surface area contributed by atoms with Crippen LogP contribution in [-0.2, 0) is 16.2 Å². The first-order chi connectivity index (χ1) is 9.93. The second-order valence-electron chi connectivity index (χ2n) is 9.20. The molecule has 0 amide bonds. The summed E-state index contributed by atoms with van der Waals surface area (Å²) in [6.45, 7) is 19.6. The van der Waals surface area contributed by atoms with Gasteiger partial charge in [0.2, 0.25) is 0 Å². The Morgan fingerprint density at radius 3 is 1.26 bits per heavy atom. The lowest BCUT2D eigenvalue weighted by molar-refractivity contribution is 0.487. The maximum atomic E-state index is 6.09. The molecule has 0 aromatic heterocycles. The number of hydrogen-bond acceptors (Lipinski definition) is 1. The molecule has 0 N–H and O–H groups in total. The molecule has 0 aliphatic heterocycles. The smallest absolute Gasteiger partial charge is 0.330 e.